The summed E-state index contributed by atoms with van der Waals surface area (Å²) in [5.74, 6) is -0.00521. The van der Waals surface area contributed by atoms with Crippen LogP contribution in [0.1, 0.15) is 370 Å². The van der Waals surface area contributed by atoms with Gasteiger partial charge in [-0.2, -0.15) is 0 Å². The average Bonchev–Trinajstić information content (AvgIpc) is 1.97. The Balaban J connectivity index is 5.14. The number of carbonyl (C=O) groups excluding carboxylic acids is 4. The maximum Gasteiger partial charge on any atom is 0.472 e. The van der Waals surface area contributed by atoms with Crippen LogP contribution in [-0.2, 0) is 65.4 Å². The van der Waals surface area contributed by atoms with E-state index in [4.69, 9.17) is 37.0 Å². The molecule has 3 N–H and O–H groups in total. The van der Waals surface area contributed by atoms with Crippen LogP contribution in [0.15, 0.2) is 0 Å². The van der Waals surface area contributed by atoms with Gasteiger partial charge in [-0.15, -0.1) is 0 Å². The Morgan fingerprint density at radius 2 is 0.554 bits per heavy atom. The minimum atomic E-state index is -4.95. The van der Waals surface area contributed by atoms with Crippen molar-refractivity contribution >= 4 is 39.5 Å². The van der Waals surface area contributed by atoms with Crippen LogP contribution in [0.3, 0.4) is 0 Å². The summed E-state index contributed by atoms with van der Waals surface area (Å²) in [5.41, 5.74) is 0. The fraction of sp³-hybridized carbons (Fsp3) is 0.945. The minimum Gasteiger partial charge on any atom is -0.462 e. The Morgan fingerprint density at radius 3 is 0.826 bits per heavy atom. The Kier molecular flexibility index (Phi) is 62.4. The lowest BCUT2D eigenvalue weighted by atomic mass is 10.00. The second-order valence-corrected chi connectivity index (χ2v) is 30.4. The van der Waals surface area contributed by atoms with E-state index < -0.39 is 97.5 Å². The largest absolute Gasteiger partial charge is 0.472 e. The molecule has 0 radical (unpaired) electrons. The first kappa shape index (κ1) is 90.1. The molecule has 0 aromatic carbocycles. The zero-order chi connectivity index (χ0) is 68.0. The zero-order valence-corrected chi connectivity index (χ0v) is 61.8. The Hall–Kier alpha value is -1.94. The third-order valence-electron chi connectivity index (χ3n) is 17.2. The predicted octanol–water partition coefficient (Wildman–Crippen LogP) is 21.0. The maximum absolute atomic E-state index is 13.0. The molecule has 0 saturated heterocycles. The van der Waals surface area contributed by atoms with Crippen molar-refractivity contribution in [3.8, 4) is 0 Å². The molecule has 92 heavy (non-hydrogen) atoms. The second kappa shape index (κ2) is 63.8. The second-order valence-electron chi connectivity index (χ2n) is 27.5. The van der Waals surface area contributed by atoms with Crippen LogP contribution in [0.4, 0.5) is 0 Å². The number of hydrogen-bond acceptors (Lipinski definition) is 15. The highest BCUT2D eigenvalue weighted by atomic mass is 31.2. The zero-order valence-electron chi connectivity index (χ0n) is 60.0. The van der Waals surface area contributed by atoms with E-state index in [0.29, 0.717) is 31.6 Å². The summed E-state index contributed by atoms with van der Waals surface area (Å²) in [6.45, 7) is 11.7. The number of carbonyl (C=O) groups is 4. The van der Waals surface area contributed by atoms with Crippen molar-refractivity contribution in [2.45, 2.75) is 388 Å². The van der Waals surface area contributed by atoms with Gasteiger partial charge < -0.3 is 33.8 Å². The van der Waals surface area contributed by atoms with Crippen LogP contribution in [0.5, 0.6) is 0 Å². The van der Waals surface area contributed by atoms with Crippen LogP contribution in [0.25, 0.3) is 0 Å². The van der Waals surface area contributed by atoms with Gasteiger partial charge in [0.1, 0.15) is 19.3 Å². The van der Waals surface area contributed by atoms with Crippen LogP contribution in [0, 0.1) is 17.8 Å². The van der Waals surface area contributed by atoms with Gasteiger partial charge in [-0.05, 0) is 43.4 Å². The highest BCUT2D eigenvalue weighted by Gasteiger charge is 2.30. The third-order valence-corrected chi connectivity index (χ3v) is 19.1. The van der Waals surface area contributed by atoms with E-state index in [9.17, 15) is 43.2 Å². The molecule has 0 aliphatic carbocycles. The van der Waals surface area contributed by atoms with E-state index in [0.717, 1.165) is 108 Å². The van der Waals surface area contributed by atoms with E-state index in [-0.39, 0.29) is 25.7 Å². The van der Waals surface area contributed by atoms with Gasteiger partial charge in [0.15, 0.2) is 12.2 Å². The number of aliphatic hydroxyl groups excluding tert-OH is 1. The summed E-state index contributed by atoms with van der Waals surface area (Å²) in [6, 6.07) is 0. The molecule has 0 aliphatic heterocycles. The number of ether oxygens (including phenoxy) is 4. The molecule has 3 unspecified atom stereocenters. The molecule has 0 amide bonds. The Bertz CT molecular complexity index is 1800. The SMILES string of the molecule is CCCCCCCCCCCCCCCCCCCCCCCCC(=O)O[C@H](COC(=O)CCCCCCCCCCC(C)C)COP(=O)(O)OC[C@@H](O)COP(=O)(O)OC[C@@H](COC(=O)CCCCCCCCC(C)C)OC(=O)CCCCCCCCC(C)CC. The number of rotatable bonds is 71. The summed E-state index contributed by atoms with van der Waals surface area (Å²) in [7, 11) is -9.90. The third kappa shape index (κ3) is 65.4. The monoisotopic (exact) mass is 1350 g/mol. The number of aliphatic hydroxyl groups is 1. The number of esters is 4. The van der Waals surface area contributed by atoms with Gasteiger partial charge in [0.25, 0.3) is 0 Å². The first-order chi connectivity index (χ1) is 44.3. The molecule has 0 fully saturated rings. The molecule has 17 nitrogen and oxygen atoms in total. The van der Waals surface area contributed by atoms with E-state index in [2.05, 4.69) is 48.5 Å². The molecule has 0 heterocycles. The lowest BCUT2D eigenvalue weighted by Crippen LogP contribution is -2.30. The highest BCUT2D eigenvalue weighted by Crippen LogP contribution is 2.45. The number of phosphoric ester groups is 2. The van der Waals surface area contributed by atoms with E-state index in [1.807, 2.05) is 0 Å². The first-order valence-corrected chi connectivity index (χ1v) is 40.9. The topological polar surface area (TPSA) is 237 Å². The summed E-state index contributed by atoms with van der Waals surface area (Å²) in [4.78, 5) is 72.5. The fourth-order valence-electron chi connectivity index (χ4n) is 11.0. The van der Waals surface area contributed by atoms with Gasteiger partial charge in [-0.1, -0.05) is 318 Å². The molecular weight excluding hydrogens is 1210 g/mol. The Labute approximate surface area is 562 Å². The summed E-state index contributed by atoms with van der Waals surface area (Å²) >= 11 is 0. The Morgan fingerprint density at radius 1 is 0.315 bits per heavy atom. The molecule has 546 valence electrons. The van der Waals surface area contributed by atoms with E-state index in [1.165, 1.54) is 173 Å². The fourth-order valence-corrected chi connectivity index (χ4v) is 12.6. The average molecular weight is 1350 g/mol. The highest BCUT2D eigenvalue weighted by molar-refractivity contribution is 7.47. The van der Waals surface area contributed by atoms with Crippen molar-refractivity contribution in [3.63, 3.8) is 0 Å². The summed E-state index contributed by atoms with van der Waals surface area (Å²) in [5, 5.41) is 10.6. The van der Waals surface area contributed by atoms with Gasteiger partial charge in [0.2, 0.25) is 0 Å². The smallest absolute Gasteiger partial charge is 0.462 e. The van der Waals surface area contributed by atoms with Gasteiger partial charge in [0.05, 0.1) is 26.4 Å². The number of hydrogen-bond donors (Lipinski definition) is 3. The minimum absolute atomic E-state index is 0.102. The van der Waals surface area contributed by atoms with Gasteiger partial charge >= 0.3 is 39.5 Å². The van der Waals surface area contributed by atoms with Crippen molar-refractivity contribution in [1.29, 1.82) is 0 Å². The van der Waals surface area contributed by atoms with E-state index >= 15 is 0 Å². The van der Waals surface area contributed by atoms with Crippen LogP contribution in [-0.4, -0.2) is 96.7 Å². The molecule has 0 aliphatic rings. The molecule has 0 spiro atoms. The lowest BCUT2D eigenvalue weighted by molar-refractivity contribution is -0.161. The van der Waals surface area contributed by atoms with Crippen LogP contribution >= 0.6 is 15.6 Å². The lowest BCUT2D eigenvalue weighted by Gasteiger charge is -2.21. The van der Waals surface area contributed by atoms with Crippen LogP contribution < -0.4 is 0 Å². The molecule has 0 saturated carbocycles. The maximum atomic E-state index is 13.0. The molecule has 19 heteroatoms. The number of phosphoric acid groups is 2. The van der Waals surface area contributed by atoms with Gasteiger partial charge in [-0.3, -0.25) is 37.3 Å². The first-order valence-electron chi connectivity index (χ1n) is 37.9. The number of unbranched alkanes of at least 4 members (excludes halogenated alkanes) is 38. The van der Waals surface area contributed by atoms with Gasteiger partial charge in [-0.25, -0.2) is 9.13 Å². The molecule has 0 aromatic heterocycles. The van der Waals surface area contributed by atoms with Crippen LogP contribution in [0.2, 0.25) is 0 Å². The van der Waals surface area contributed by atoms with Crippen molar-refractivity contribution in [3.05, 3.63) is 0 Å². The molecule has 0 aromatic rings. The predicted molar refractivity (Wildman–Crippen MR) is 372 cm³/mol. The molecule has 6 atom stereocenters. The van der Waals surface area contributed by atoms with Gasteiger partial charge in [0, 0.05) is 25.7 Å². The molecular formula is C73H142O17P2. The standard InChI is InChI=1S/C73H142O17P2/c1-8-10-11-12-13-14-15-16-17-18-19-20-21-22-23-24-25-26-27-32-42-49-56-72(77)89-68(60-83-70(75)54-47-40-31-29-28-30-37-44-51-64(3)4)62-87-91(79,80)85-58-67(74)59-86-92(81,82)88-63-69(61-84-71(76)55-48-41-35-33-38-45-52-65(5)6)90-73(78)57-50-43-36-34-39-46-53-66(7)9-2/h64-69,74H,8-63H2,1-7H3,(H,79,80)(H,81,82)/t66?,67-,68-,69-/m1/s1. The summed E-state index contributed by atoms with van der Waals surface area (Å²) in [6.07, 6.45) is 49.1. The van der Waals surface area contributed by atoms with E-state index in [1.54, 1.807) is 0 Å². The quantitative estimate of drug-likeness (QED) is 0.0222. The molecule has 0 bridgehead atoms. The van der Waals surface area contributed by atoms with Crippen molar-refractivity contribution in [2.75, 3.05) is 39.6 Å². The van der Waals surface area contributed by atoms with Crippen molar-refractivity contribution < 1.29 is 80.2 Å². The van der Waals surface area contributed by atoms with Crippen molar-refractivity contribution in [2.24, 2.45) is 17.8 Å². The van der Waals surface area contributed by atoms with Crippen molar-refractivity contribution in [1.82, 2.24) is 0 Å². The molecule has 0 rings (SSSR count). The summed E-state index contributed by atoms with van der Waals surface area (Å²) < 4.78 is 68.3. The normalized spacial score (nSPS) is 14.4.